The van der Waals surface area contributed by atoms with Crippen molar-refractivity contribution in [3.8, 4) is 0 Å². The van der Waals surface area contributed by atoms with E-state index < -0.39 is 10.0 Å². The van der Waals surface area contributed by atoms with E-state index in [1.807, 2.05) is 11.8 Å². The maximum Gasteiger partial charge on any atom is 0.280 e. The molecule has 0 radical (unpaired) electrons. The summed E-state index contributed by atoms with van der Waals surface area (Å²) in [6, 6.07) is 6.14. The van der Waals surface area contributed by atoms with Crippen molar-refractivity contribution in [2.45, 2.75) is 30.7 Å². The Morgan fingerprint density at radius 3 is 2.20 bits per heavy atom. The zero-order chi connectivity index (χ0) is 18.0. The van der Waals surface area contributed by atoms with Crippen molar-refractivity contribution in [2.24, 2.45) is 0 Å². The van der Waals surface area contributed by atoms with E-state index in [0.29, 0.717) is 31.2 Å². The molecule has 0 bridgehead atoms. The van der Waals surface area contributed by atoms with Crippen LogP contribution in [0.4, 0.5) is 0 Å². The van der Waals surface area contributed by atoms with E-state index in [2.05, 4.69) is 0 Å². The summed E-state index contributed by atoms with van der Waals surface area (Å²) in [5.41, 5.74) is 0. The second-order valence-electron chi connectivity index (χ2n) is 6.77. The molecule has 6 nitrogen and oxygen atoms in total. The van der Waals surface area contributed by atoms with Crippen LogP contribution >= 0.6 is 11.6 Å². The highest BCUT2D eigenvalue weighted by molar-refractivity contribution is 7.89. The molecule has 8 heteroatoms. The average Bonchev–Trinajstić information content (AvgIpc) is 3.15. The van der Waals surface area contributed by atoms with Gasteiger partial charge in [-0.1, -0.05) is 11.6 Å². The van der Waals surface area contributed by atoms with Crippen LogP contribution in [0.15, 0.2) is 29.2 Å². The van der Waals surface area contributed by atoms with Crippen molar-refractivity contribution in [1.29, 1.82) is 0 Å². The number of nitrogens with zero attached hydrogens (tertiary/aromatic N) is 2. The number of piperazine rings is 1. The van der Waals surface area contributed by atoms with Gasteiger partial charge in [-0.05, 0) is 44.0 Å². The lowest BCUT2D eigenvalue weighted by atomic mass is 10.2. The summed E-state index contributed by atoms with van der Waals surface area (Å²) in [6.45, 7) is 5.82. The molecule has 2 fully saturated rings. The van der Waals surface area contributed by atoms with E-state index in [1.54, 1.807) is 12.1 Å². The SMILES string of the molecule is C[C@@H](C(=O)N1CCCC1)[NH+]1CCN(S(=O)(=O)c2ccc(Cl)cc2)CC1. The Kier molecular flexibility index (Phi) is 5.68. The van der Waals surface area contributed by atoms with Gasteiger partial charge in [-0.15, -0.1) is 0 Å². The highest BCUT2D eigenvalue weighted by atomic mass is 35.5. The van der Waals surface area contributed by atoms with Crippen molar-refractivity contribution in [1.82, 2.24) is 9.21 Å². The molecule has 1 N–H and O–H groups in total. The molecular weight excluding hydrogens is 362 g/mol. The molecule has 0 saturated carbocycles. The van der Waals surface area contributed by atoms with Gasteiger partial charge in [0.05, 0.1) is 31.1 Å². The van der Waals surface area contributed by atoms with E-state index in [4.69, 9.17) is 11.6 Å². The van der Waals surface area contributed by atoms with Crippen LogP contribution in [0.5, 0.6) is 0 Å². The molecule has 1 atom stereocenters. The zero-order valence-electron chi connectivity index (χ0n) is 14.4. The Morgan fingerprint density at radius 2 is 1.64 bits per heavy atom. The smallest absolute Gasteiger partial charge is 0.280 e. The highest BCUT2D eigenvalue weighted by Gasteiger charge is 2.36. The van der Waals surface area contributed by atoms with Gasteiger partial charge in [-0.2, -0.15) is 4.31 Å². The number of carbonyl (C=O) groups is 1. The topological polar surface area (TPSA) is 62.1 Å². The maximum absolute atomic E-state index is 12.7. The van der Waals surface area contributed by atoms with E-state index >= 15 is 0 Å². The number of carbonyl (C=O) groups excluding carboxylic acids is 1. The fourth-order valence-corrected chi connectivity index (χ4v) is 5.16. The van der Waals surface area contributed by atoms with Crippen molar-refractivity contribution >= 4 is 27.5 Å². The molecule has 138 valence electrons. The molecule has 2 saturated heterocycles. The fraction of sp³-hybridized carbons (Fsp3) is 0.588. The predicted molar refractivity (Wildman–Crippen MR) is 96.2 cm³/mol. The van der Waals surface area contributed by atoms with Gasteiger partial charge in [0.1, 0.15) is 0 Å². The number of quaternary nitrogens is 1. The molecule has 1 aromatic carbocycles. The first-order valence-corrected chi connectivity index (χ1v) is 10.6. The average molecular weight is 387 g/mol. The second-order valence-corrected chi connectivity index (χ2v) is 9.14. The van der Waals surface area contributed by atoms with Gasteiger partial charge in [-0.3, -0.25) is 4.79 Å². The first-order chi connectivity index (χ1) is 11.9. The number of nitrogens with one attached hydrogen (secondary N) is 1. The van der Waals surface area contributed by atoms with Gasteiger partial charge in [0, 0.05) is 18.1 Å². The minimum Gasteiger partial charge on any atom is -0.338 e. The lowest BCUT2D eigenvalue weighted by Crippen LogP contribution is -3.19. The third kappa shape index (κ3) is 4.00. The third-order valence-corrected chi connectivity index (χ3v) is 7.38. The standard InChI is InChI=1S/C17H24ClN3O3S/c1-14(17(22)20-8-2-3-9-20)19-10-12-21(13-11-19)25(23,24)16-6-4-15(18)5-7-16/h4-7,14H,2-3,8-13H2,1H3/p+1/t14-/m0/s1. The molecule has 1 aromatic rings. The second kappa shape index (κ2) is 7.61. The molecule has 2 heterocycles. The Balaban J connectivity index is 1.61. The number of sulfonamides is 1. The van der Waals surface area contributed by atoms with E-state index in [1.165, 1.54) is 21.3 Å². The number of halogens is 1. The molecule has 3 rings (SSSR count). The van der Waals surface area contributed by atoms with Crippen LogP contribution in [0, 0.1) is 0 Å². The van der Waals surface area contributed by atoms with Crippen molar-refractivity contribution < 1.29 is 18.1 Å². The van der Waals surface area contributed by atoms with Gasteiger partial charge in [0.15, 0.2) is 6.04 Å². The van der Waals surface area contributed by atoms with Crippen molar-refractivity contribution in [2.75, 3.05) is 39.3 Å². The maximum atomic E-state index is 12.7. The summed E-state index contributed by atoms with van der Waals surface area (Å²) in [4.78, 5) is 15.9. The molecule has 0 unspecified atom stereocenters. The molecule has 1 amide bonds. The molecule has 0 aliphatic carbocycles. The van der Waals surface area contributed by atoms with Gasteiger partial charge in [0.2, 0.25) is 10.0 Å². The van der Waals surface area contributed by atoms with Crippen LogP contribution < -0.4 is 4.90 Å². The molecule has 0 spiro atoms. The minimum absolute atomic E-state index is 0.113. The number of likely N-dealkylation sites (tertiary alicyclic amines) is 1. The molecule has 2 aliphatic rings. The predicted octanol–water partition coefficient (Wildman–Crippen LogP) is 0.240. The van der Waals surface area contributed by atoms with Gasteiger partial charge in [0.25, 0.3) is 5.91 Å². The number of rotatable bonds is 4. The zero-order valence-corrected chi connectivity index (χ0v) is 16.0. The summed E-state index contributed by atoms with van der Waals surface area (Å²) < 4.78 is 26.9. The summed E-state index contributed by atoms with van der Waals surface area (Å²) in [5.74, 6) is 0.196. The highest BCUT2D eigenvalue weighted by Crippen LogP contribution is 2.18. The lowest BCUT2D eigenvalue weighted by Gasteiger charge is -2.35. The van der Waals surface area contributed by atoms with Crippen molar-refractivity contribution in [3.63, 3.8) is 0 Å². The third-order valence-electron chi connectivity index (χ3n) is 5.22. The van der Waals surface area contributed by atoms with Gasteiger partial charge < -0.3 is 9.80 Å². The Labute approximate surface area is 154 Å². The first-order valence-electron chi connectivity index (χ1n) is 8.78. The van der Waals surface area contributed by atoms with Crippen molar-refractivity contribution in [3.05, 3.63) is 29.3 Å². The minimum atomic E-state index is -3.50. The quantitative estimate of drug-likeness (QED) is 0.806. The number of hydrogen-bond donors (Lipinski definition) is 1. The molecule has 25 heavy (non-hydrogen) atoms. The van der Waals surface area contributed by atoms with Crippen LogP contribution in [-0.2, 0) is 14.8 Å². The lowest BCUT2D eigenvalue weighted by molar-refractivity contribution is -0.918. The summed E-state index contributed by atoms with van der Waals surface area (Å²) in [5, 5.41) is 0.516. The van der Waals surface area contributed by atoms with Gasteiger partial charge >= 0.3 is 0 Å². The largest absolute Gasteiger partial charge is 0.338 e. The summed E-state index contributed by atoms with van der Waals surface area (Å²) in [6.07, 6.45) is 2.17. The monoisotopic (exact) mass is 386 g/mol. The number of benzene rings is 1. The van der Waals surface area contributed by atoms with E-state index in [-0.39, 0.29) is 16.8 Å². The Hall–Kier alpha value is -1.15. The van der Waals surface area contributed by atoms with Gasteiger partial charge in [-0.25, -0.2) is 8.42 Å². The number of hydrogen-bond acceptors (Lipinski definition) is 3. The Bertz CT molecular complexity index is 709. The van der Waals surface area contributed by atoms with E-state index in [9.17, 15) is 13.2 Å². The first kappa shape index (κ1) is 18.6. The normalized spacial score (nSPS) is 21.4. The van der Waals surface area contributed by atoms with Crippen LogP contribution in [0.25, 0.3) is 0 Å². The van der Waals surface area contributed by atoms with Crippen LogP contribution in [0.3, 0.4) is 0 Å². The Morgan fingerprint density at radius 1 is 1.08 bits per heavy atom. The fourth-order valence-electron chi connectivity index (χ4n) is 3.59. The molecular formula is C17H25ClN3O3S+. The van der Waals surface area contributed by atoms with Crippen LogP contribution in [-0.4, -0.2) is 68.8 Å². The van der Waals surface area contributed by atoms with Crippen LogP contribution in [0.2, 0.25) is 5.02 Å². The summed E-state index contributed by atoms with van der Waals surface area (Å²) in [7, 11) is -3.50. The van der Waals surface area contributed by atoms with Crippen LogP contribution in [0.1, 0.15) is 19.8 Å². The van der Waals surface area contributed by atoms with E-state index in [0.717, 1.165) is 25.9 Å². The molecule has 2 aliphatic heterocycles. The number of amides is 1. The summed E-state index contributed by atoms with van der Waals surface area (Å²) >= 11 is 5.84. The molecule has 0 aromatic heterocycles.